The molecule has 0 aromatic carbocycles. The number of nitrogens with two attached hydrogens (primary N) is 1. The molecule has 1 saturated heterocycles. The number of likely N-dealkylation sites (tertiary alicyclic amines) is 1. The largest absolute Gasteiger partial charge is 0.395 e. The standard InChI is InChI=1S/C14H23ClN2OS/c1-10(16)14(12-6-7-13(15)19-12)17-8-4-2-3-5-11(17)9-18/h6-7,10-11,14,18H,2-5,8-9,16H2,1H3. The molecule has 2 rings (SSSR count). The molecule has 3 unspecified atom stereocenters. The molecule has 108 valence electrons. The highest BCUT2D eigenvalue weighted by molar-refractivity contribution is 7.16. The van der Waals surface area contributed by atoms with E-state index in [2.05, 4.69) is 11.0 Å². The van der Waals surface area contributed by atoms with E-state index in [4.69, 9.17) is 17.3 Å². The Kier molecular flexibility index (Phi) is 5.66. The van der Waals surface area contributed by atoms with Crippen molar-refractivity contribution in [1.82, 2.24) is 4.90 Å². The zero-order chi connectivity index (χ0) is 13.8. The minimum absolute atomic E-state index is 0.0295. The third-order valence-electron chi connectivity index (χ3n) is 3.87. The van der Waals surface area contributed by atoms with Gasteiger partial charge in [-0.05, 0) is 38.4 Å². The summed E-state index contributed by atoms with van der Waals surface area (Å²) in [6.07, 6.45) is 4.67. The lowest BCUT2D eigenvalue weighted by Gasteiger charge is -2.37. The van der Waals surface area contributed by atoms with Gasteiger partial charge in [-0.25, -0.2) is 0 Å². The van der Waals surface area contributed by atoms with Gasteiger partial charge in [0.25, 0.3) is 0 Å². The predicted octanol–water partition coefficient (Wildman–Crippen LogP) is 3.03. The van der Waals surface area contributed by atoms with Crippen LogP contribution in [0.3, 0.4) is 0 Å². The van der Waals surface area contributed by atoms with E-state index in [1.54, 1.807) is 11.3 Å². The Morgan fingerprint density at radius 2 is 2.26 bits per heavy atom. The topological polar surface area (TPSA) is 49.5 Å². The Labute approximate surface area is 124 Å². The number of nitrogens with zero attached hydrogens (tertiary/aromatic N) is 1. The van der Waals surface area contributed by atoms with Crippen molar-refractivity contribution in [3.8, 4) is 0 Å². The van der Waals surface area contributed by atoms with Gasteiger partial charge in [0.05, 0.1) is 17.0 Å². The van der Waals surface area contributed by atoms with Gasteiger partial charge in [-0.3, -0.25) is 4.90 Å². The molecule has 3 N–H and O–H groups in total. The van der Waals surface area contributed by atoms with E-state index in [0.717, 1.165) is 17.3 Å². The Morgan fingerprint density at radius 3 is 2.84 bits per heavy atom. The van der Waals surface area contributed by atoms with Crippen LogP contribution in [-0.2, 0) is 0 Å². The van der Waals surface area contributed by atoms with Crippen molar-refractivity contribution < 1.29 is 5.11 Å². The van der Waals surface area contributed by atoms with Crippen LogP contribution in [0.2, 0.25) is 4.34 Å². The SMILES string of the molecule is CC(N)C(c1ccc(Cl)s1)N1CCCCCC1CO. The van der Waals surface area contributed by atoms with Crippen LogP contribution >= 0.6 is 22.9 Å². The summed E-state index contributed by atoms with van der Waals surface area (Å²) in [4.78, 5) is 3.60. The van der Waals surface area contributed by atoms with E-state index < -0.39 is 0 Å². The molecule has 0 saturated carbocycles. The van der Waals surface area contributed by atoms with Crippen LogP contribution in [-0.4, -0.2) is 35.2 Å². The van der Waals surface area contributed by atoms with Crippen LogP contribution in [0.15, 0.2) is 12.1 Å². The number of aliphatic hydroxyl groups is 1. The Hall–Kier alpha value is -0.130. The number of aliphatic hydroxyl groups excluding tert-OH is 1. The van der Waals surface area contributed by atoms with Crippen molar-refractivity contribution in [2.45, 2.75) is 50.7 Å². The van der Waals surface area contributed by atoms with Crippen LogP contribution in [0, 0.1) is 0 Å². The van der Waals surface area contributed by atoms with E-state index in [-0.39, 0.29) is 24.7 Å². The summed E-state index contributed by atoms with van der Waals surface area (Å²) in [6, 6.07) is 4.41. The van der Waals surface area contributed by atoms with Crippen LogP contribution in [0.1, 0.15) is 43.5 Å². The van der Waals surface area contributed by atoms with Gasteiger partial charge in [0.2, 0.25) is 0 Å². The fraction of sp³-hybridized carbons (Fsp3) is 0.714. The molecular formula is C14H23ClN2OS. The molecule has 1 aromatic rings. The molecule has 0 aliphatic carbocycles. The van der Waals surface area contributed by atoms with Gasteiger partial charge in [0, 0.05) is 17.0 Å². The van der Waals surface area contributed by atoms with Crippen molar-refractivity contribution in [1.29, 1.82) is 0 Å². The summed E-state index contributed by atoms with van der Waals surface area (Å²) in [5.74, 6) is 0. The molecule has 3 atom stereocenters. The first-order chi connectivity index (χ1) is 9.13. The third kappa shape index (κ3) is 3.70. The highest BCUT2D eigenvalue weighted by Gasteiger charge is 2.31. The molecule has 1 aromatic heterocycles. The van der Waals surface area contributed by atoms with Gasteiger partial charge in [0.15, 0.2) is 0 Å². The summed E-state index contributed by atoms with van der Waals surface area (Å²) in [5.41, 5.74) is 6.22. The van der Waals surface area contributed by atoms with E-state index in [9.17, 15) is 5.11 Å². The van der Waals surface area contributed by atoms with Gasteiger partial charge < -0.3 is 10.8 Å². The molecule has 0 spiro atoms. The highest BCUT2D eigenvalue weighted by Crippen LogP contribution is 2.35. The van der Waals surface area contributed by atoms with E-state index in [0.29, 0.717) is 0 Å². The molecule has 5 heteroatoms. The predicted molar refractivity (Wildman–Crippen MR) is 81.8 cm³/mol. The second-order valence-corrected chi connectivity index (χ2v) is 7.12. The van der Waals surface area contributed by atoms with Crippen LogP contribution in [0.25, 0.3) is 0 Å². The average molecular weight is 303 g/mol. The summed E-state index contributed by atoms with van der Waals surface area (Å²) >= 11 is 7.66. The van der Waals surface area contributed by atoms with Gasteiger partial charge in [-0.15, -0.1) is 11.3 Å². The first kappa shape index (κ1) is 15.3. The fourth-order valence-electron chi connectivity index (χ4n) is 2.97. The van der Waals surface area contributed by atoms with Crippen molar-refractivity contribution in [2.24, 2.45) is 5.73 Å². The van der Waals surface area contributed by atoms with Gasteiger partial charge in [-0.2, -0.15) is 0 Å². The fourth-order valence-corrected chi connectivity index (χ4v) is 4.27. The molecule has 1 aliphatic heterocycles. The van der Waals surface area contributed by atoms with Crippen molar-refractivity contribution >= 4 is 22.9 Å². The lowest BCUT2D eigenvalue weighted by molar-refractivity contribution is 0.0762. The van der Waals surface area contributed by atoms with E-state index in [1.165, 1.54) is 24.1 Å². The van der Waals surface area contributed by atoms with Crippen molar-refractivity contribution in [3.05, 3.63) is 21.3 Å². The molecule has 0 radical (unpaired) electrons. The lowest BCUT2D eigenvalue weighted by atomic mass is 10.0. The molecule has 0 bridgehead atoms. The molecule has 2 heterocycles. The third-order valence-corrected chi connectivity index (χ3v) is 5.18. The Bertz CT molecular complexity index is 397. The molecule has 19 heavy (non-hydrogen) atoms. The van der Waals surface area contributed by atoms with Gasteiger partial charge >= 0.3 is 0 Å². The quantitative estimate of drug-likeness (QED) is 0.899. The summed E-state index contributed by atoms with van der Waals surface area (Å²) in [5, 5.41) is 9.66. The zero-order valence-corrected chi connectivity index (χ0v) is 13.0. The molecule has 1 fully saturated rings. The smallest absolute Gasteiger partial charge is 0.0931 e. The summed E-state index contributed by atoms with van der Waals surface area (Å²) in [7, 11) is 0. The first-order valence-corrected chi connectivity index (χ1v) is 8.20. The molecular weight excluding hydrogens is 280 g/mol. The maximum absolute atomic E-state index is 9.66. The number of rotatable bonds is 4. The number of thiophene rings is 1. The molecule has 1 aliphatic rings. The molecule has 0 amide bonds. The van der Waals surface area contributed by atoms with Crippen LogP contribution in [0.5, 0.6) is 0 Å². The lowest BCUT2D eigenvalue weighted by Crippen LogP contribution is -2.46. The summed E-state index contributed by atoms with van der Waals surface area (Å²) in [6.45, 7) is 3.26. The van der Waals surface area contributed by atoms with Gasteiger partial charge in [-0.1, -0.05) is 24.4 Å². The monoisotopic (exact) mass is 302 g/mol. The second kappa shape index (κ2) is 7.04. The summed E-state index contributed by atoms with van der Waals surface area (Å²) < 4.78 is 0.802. The minimum Gasteiger partial charge on any atom is -0.395 e. The number of hydrogen-bond donors (Lipinski definition) is 2. The van der Waals surface area contributed by atoms with Crippen molar-refractivity contribution in [2.75, 3.05) is 13.2 Å². The van der Waals surface area contributed by atoms with Crippen LogP contribution < -0.4 is 5.73 Å². The van der Waals surface area contributed by atoms with Crippen molar-refractivity contribution in [3.63, 3.8) is 0 Å². The second-order valence-electron chi connectivity index (χ2n) is 5.37. The Balaban J connectivity index is 2.25. The minimum atomic E-state index is 0.0295. The maximum Gasteiger partial charge on any atom is 0.0931 e. The average Bonchev–Trinajstić information content (AvgIpc) is 2.65. The zero-order valence-electron chi connectivity index (χ0n) is 11.4. The highest BCUT2D eigenvalue weighted by atomic mass is 35.5. The molecule has 3 nitrogen and oxygen atoms in total. The number of halogens is 1. The van der Waals surface area contributed by atoms with E-state index >= 15 is 0 Å². The number of hydrogen-bond acceptors (Lipinski definition) is 4. The van der Waals surface area contributed by atoms with Gasteiger partial charge in [0.1, 0.15) is 0 Å². The van der Waals surface area contributed by atoms with E-state index in [1.807, 2.05) is 13.0 Å². The first-order valence-electron chi connectivity index (χ1n) is 7.01. The maximum atomic E-state index is 9.66. The normalized spacial score (nSPS) is 24.9. The van der Waals surface area contributed by atoms with Crippen LogP contribution in [0.4, 0.5) is 0 Å². The Morgan fingerprint density at radius 1 is 1.47 bits per heavy atom.